The van der Waals surface area contributed by atoms with Crippen LogP contribution in [-0.4, -0.2) is 18.0 Å². The lowest BCUT2D eigenvalue weighted by molar-refractivity contribution is 0.473. The van der Waals surface area contributed by atoms with Crippen LogP contribution in [0.2, 0.25) is 5.02 Å². The molecule has 1 rings (SSSR count). The highest BCUT2D eigenvalue weighted by Crippen LogP contribution is 2.25. The second-order valence-electron chi connectivity index (χ2n) is 2.73. The number of rotatable bonds is 1. The Hall–Kier alpha value is -1.22. The summed E-state index contributed by atoms with van der Waals surface area (Å²) in [7, 11) is 1.57. The van der Waals surface area contributed by atoms with E-state index in [0.29, 0.717) is 16.4 Å². The van der Waals surface area contributed by atoms with Crippen molar-refractivity contribution in [2.75, 3.05) is 7.05 Å². The third-order valence-electron chi connectivity index (χ3n) is 1.78. The molecule has 1 aromatic carbocycles. The van der Waals surface area contributed by atoms with Gasteiger partial charge in [0.25, 0.3) is 0 Å². The highest BCUT2D eigenvalue weighted by molar-refractivity contribution is 6.31. The largest absolute Gasteiger partial charge is 0.507 e. The van der Waals surface area contributed by atoms with Crippen molar-refractivity contribution in [1.29, 1.82) is 0 Å². The molecule has 0 spiro atoms. The molecule has 1 aromatic rings. The molecule has 0 bridgehead atoms. The van der Waals surface area contributed by atoms with E-state index in [2.05, 4.69) is 4.99 Å². The summed E-state index contributed by atoms with van der Waals surface area (Å²) in [6, 6.07) is 3.18. The average Bonchev–Trinajstić information content (AvgIpc) is 2.02. The molecule has 13 heavy (non-hydrogen) atoms. The summed E-state index contributed by atoms with van der Waals surface area (Å²) in [5.74, 6) is 0.375. The molecule has 0 saturated heterocycles. The van der Waals surface area contributed by atoms with Crippen molar-refractivity contribution in [3.05, 3.63) is 28.3 Å². The van der Waals surface area contributed by atoms with Gasteiger partial charge >= 0.3 is 0 Å². The third-order valence-corrected chi connectivity index (χ3v) is 1.99. The van der Waals surface area contributed by atoms with E-state index in [1.54, 1.807) is 13.1 Å². The summed E-state index contributed by atoms with van der Waals surface area (Å²) in [6.07, 6.45) is 0. The maximum atomic E-state index is 9.53. The van der Waals surface area contributed by atoms with Gasteiger partial charge in [-0.05, 0) is 24.6 Å². The zero-order valence-electron chi connectivity index (χ0n) is 7.50. The van der Waals surface area contributed by atoms with Crippen molar-refractivity contribution in [2.45, 2.75) is 6.92 Å². The Labute approximate surface area is 81.9 Å². The van der Waals surface area contributed by atoms with E-state index >= 15 is 0 Å². The van der Waals surface area contributed by atoms with Gasteiger partial charge in [0.1, 0.15) is 11.6 Å². The first kappa shape index (κ1) is 9.86. The number of benzene rings is 1. The molecule has 0 radical (unpaired) electrons. The molecule has 0 amide bonds. The first-order valence-electron chi connectivity index (χ1n) is 3.78. The molecule has 0 aliphatic rings. The van der Waals surface area contributed by atoms with Crippen LogP contribution >= 0.6 is 11.6 Å². The molecule has 4 heteroatoms. The number of halogens is 1. The third kappa shape index (κ3) is 1.92. The van der Waals surface area contributed by atoms with Gasteiger partial charge in [-0.1, -0.05) is 11.6 Å². The van der Waals surface area contributed by atoms with Gasteiger partial charge in [0.2, 0.25) is 0 Å². The van der Waals surface area contributed by atoms with Gasteiger partial charge in [-0.15, -0.1) is 0 Å². The first-order chi connectivity index (χ1) is 6.06. The second-order valence-corrected chi connectivity index (χ2v) is 3.16. The van der Waals surface area contributed by atoms with Gasteiger partial charge in [0.05, 0.1) is 5.56 Å². The minimum absolute atomic E-state index is 0.0631. The van der Waals surface area contributed by atoms with Crippen molar-refractivity contribution in [1.82, 2.24) is 0 Å². The molecule has 0 unspecified atom stereocenters. The van der Waals surface area contributed by atoms with Crippen molar-refractivity contribution < 1.29 is 5.11 Å². The van der Waals surface area contributed by atoms with Crippen LogP contribution in [0.25, 0.3) is 0 Å². The highest BCUT2D eigenvalue weighted by atomic mass is 35.5. The number of hydrogen-bond acceptors (Lipinski definition) is 2. The lowest BCUT2D eigenvalue weighted by Gasteiger charge is -2.07. The average molecular weight is 199 g/mol. The van der Waals surface area contributed by atoms with E-state index in [9.17, 15) is 5.11 Å². The Kier molecular flexibility index (Phi) is 2.78. The predicted octanol–water partition coefficient (Wildman–Crippen LogP) is 1.69. The number of phenolic OH excluding ortho intramolecular Hbond substituents is 1. The number of aromatic hydroxyl groups is 1. The standard InChI is InChI=1S/C9H11ClN2O/c1-5-3-6(10)4-7(13)8(5)9(11)12-2/h3-4,13H,1-2H3,(H2,11,12). The van der Waals surface area contributed by atoms with Crippen LogP contribution < -0.4 is 5.73 Å². The molecule has 70 valence electrons. The highest BCUT2D eigenvalue weighted by Gasteiger charge is 2.09. The maximum absolute atomic E-state index is 9.53. The van der Waals surface area contributed by atoms with E-state index in [0.717, 1.165) is 5.56 Å². The monoisotopic (exact) mass is 198 g/mol. The first-order valence-corrected chi connectivity index (χ1v) is 4.15. The second kappa shape index (κ2) is 3.66. The zero-order valence-corrected chi connectivity index (χ0v) is 8.26. The molecule has 0 aromatic heterocycles. The normalized spacial score (nSPS) is 11.8. The zero-order chi connectivity index (χ0) is 10.0. The van der Waals surface area contributed by atoms with Crippen LogP contribution in [0.5, 0.6) is 5.75 Å². The number of amidine groups is 1. The fourth-order valence-corrected chi connectivity index (χ4v) is 1.44. The number of phenols is 1. The Morgan fingerprint density at radius 2 is 2.15 bits per heavy atom. The molecule has 0 aliphatic carbocycles. The van der Waals surface area contributed by atoms with Gasteiger partial charge in [-0.25, -0.2) is 0 Å². The van der Waals surface area contributed by atoms with Gasteiger partial charge in [-0.3, -0.25) is 4.99 Å². The van der Waals surface area contributed by atoms with Crippen LogP contribution in [0.4, 0.5) is 0 Å². The van der Waals surface area contributed by atoms with E-state index in [1.807, 2.05) is 6.92 Å². The Morgan fingerprint density at radius 1 is 1.54 bits per heavy atom. The van der Waals surface area contributed by atoms with Crippen LogP contribution in [-0.2, 0) is 0 Å². The number of nitrogens with zero attached hydrogens (tertiary/aromatic N) is 1. The van der Waals surface area contributed by atoms with Gasteiger partial charge < -0.3 is 10.8 Å². The summed E-state index contributed by atoms with van der Waals surface area (Å²) in [5, 5.41) is 10.0. The SMILES string of the molecule is CN=C(N)c1c(C)cc(Cl)cc1O. The van der Waals surface area contributed by atoms with Crippen molar-refractivity contribution in [3.63, 3.8) is 0 Å². The van der Waals surface area contributed by atoms with Crippen LogP contribution in [0.3, 0.4) is 0 Å². The summed E-state index contributed by atoms with van der Waals surface area (Å²) in [5.41, 5.74) is 6.95. The fourth-order valence-electron chi connectivity index (χ4n) is 1.17. The van der Waals surface area contributed by atoms with E-state index in [-0.39, 0.29) is 5.75 Å². The van der Waals surface area contributed by atoms with Gasteiger partial charge in [0.15, 0.2) is 0 Å². The van der Waals surface area contributed by atoms with E-state index in [1.165, 1.54) is 6.07 Å². The molecule has 0 aliphatic heterocycles. The summed E-state index contributed by atoms with van der Waals surface area (Å²) >= 11 is 5.73. The minimum Gasteiger partial charge on any atom is -0.507 e. The van der Waals surface area contributed by atoms with Crippen LogP contribution in [0.15, 0.2) is 17.1 Å². The minimum atomic E-state index is 0.0631. The topological polar surface area (TPSA) is 58.6 Å². The molecule has 0 heterocycles. The molecule has 0 atom stereocenters. The maximum Gasteiger partial charge on any atom is 0.129 e. The lowest BCUT2D eigenvalue weighted by Crippen LogP contribution is -2.14. The van der Waals surface area contributed by atoms with Crippen LogP contribution in [0.1, 0.15) is 11.1 Å². The number of aliphatic imine (C=N–C) groups is 1. The molecule has 3 nitrogen and oxygen atoms in total. The molecule has 3 N–H and O–H groups in total. The van der Waals surface area contributed by atoms with Gasteiger partial charge in [-0.2, -0.15) is 0 Å². The summed E-state index contributed by atoms with van der Waals surface area (Å²) in [4.78, 5) is 3.80. The summed E-state index contributed by atoms with van der Waals surface area (Å²) < 4.78 is 0. The Morgan fingerprint density at radius 3 is 2.62 bits per heavy atom. The number of hydrogen-bond donors (Lipinski definition) is 2. The number of aryl methyl sites for hydroxylation is 1. The van der Waals surface area contributed by atoms with Crippen molar-refractivity contribution in [2.24, 2.45) is 10.7 Å². The fraction of sp³-hybridized carbons (Fsp3) is 0.222. The quantitative estimate of drug-likeness (QED) is 0.533. The molecule has 0 fully saturated rings. The van der Waals surface area contributed by atoms with E-state index in [4.69, 9.17) is 17.3 Å². The van der Waals surface area contributed by atoms with Crippen molar-refractivity contribution in [3.8, 4) is 5.75 Å². The molecular formula is C9H11ClN2O. The predicted molar refractivity (Wildman–Crippen MR) is 54.5 cm³/mol. The van der Waals surface area contributed by atoms with Crippen molar-refractivity contribution >= 4 is 17.4 Å². The van der Waals surface area contributed by atoms with Gasteiger partial charge in [0, 0.05) is 12.1 Å². The number of nitrogens with two attached hydrogens (primary N) is 1. The Bertz CT molecular complexity index is 338. The lowest BCUT2D eigenvalue weighted by atomic mass is 10.1. The molecule has 0 saturated carbocycles. The summed E-state index contributed by atoms with van der Waals surface area (Å²) in [6.45, 7) is 1.82. The Balaban J connectivity index is 3.37. The smallest absolute Gasteiger partial charge is 0.129 e. The van der Waals surface area contributed by atoms with Crippen LogP contribution in [0, 0.1) is 6.92 Å². The molecular weight excluding hydrogens is 188 g/mol. The van der Waals surface area contributed by atoms with E-state index < -0.39 is 0 Å².